The third-order valence-corrected chi connectivity index (χ3v) is 4.12. The van der Waals surface area contributed by atoms with Crippen molar-refractivity contribution in [2.75, 3.05) is 13.1 Å². The molecule has 106 valence electrons. The molecule has 0 spiro atoms. The Kier molecular flexibility index (Phi) is 4.14. The third kappa shape index (κ3) is 3.26. The molecule has 0 radical (unpaired) electrons. The molecule has 6 heteroatoms. The minimum atomic E-state index is 0.364. The van der Waals surface area contributed by atoms with E-state index in [0.29, 0.717) is 6.04 Å². The summed E-state index contributed by atoms with van der Waals surface area (Å²) >= 11 is 3.47. The van der Waals surface area contributed by atoms with Gasteiger partial charge in [-0.15, -0.1) is 5.10 Å². The number of benzene rings is 1. The second kappa shape index (κ2) is 6.03. The second-order valence-electron chi connectivity index (χ2n) is 5.25. The smallest absolute Gasteiger partial charge is 0.0971 e. The molecule has 2 aromatic rings. The first-order valence-corrected chi connectivity index (χ1v) is 7.65. The zero-order valence-electron chi connectivity index (χ0n) is 11.2. The van der Waals surface area contributed by atoms with Crippen LogP contribution in [0.5, 0.6) is 0 Å². The van der Waals surface area contributed by atoms with Crippen molar-refractivity contribution in [2.45, 2.75) is 25.4 Å². The van der Waals surface area contributed by atoms with Crippen molar-refractivity contribution in [1.82, 2.24) is 19.9 Å². The van der Waals surface area contributed by atoms with E-state index < -0.39 is 0 Å². The lowest BCUT2D eigenvalue weighted by Gasteiger charge is -2.29. The van der Waals surface area contributed by atoms with Crippen LogP contribution in [0.2, 0.25) is 0 Å². The molecule has 1 aromatic heterocycles. The van der Waals surface area contributed by atoms with Crippen molar-refractivity contribution < 1.29 is 0 Å². The standard InChI is InChI=1S/C14H18BrN5/c15-11-2-1-3-14(8-11)20-10-13(17-18-20)9-19-6-4-12(16)5-7-19/h1-3,8,10,12H,4-7,9,16H2. The van der Waals surface area contributed by atoms with Crippen LogP contribution in [0.15, 0.2) is 34.9 Å². The molecule has 2 heterocycles. The van der Waals surface area contributed by atoms with E-state index in [2.05, 4.69) is 31.1 Å². The van der Waals surface area contributed by atoms with Gasteiger partial charge in [-0.3, -0.25) is 4.90 Å². The van der Waals surface area contributed by atoms with Gasteiger partial charge in [-0.2, -0.15) is 0 Å². The highest BCUT2D eigenvalue weighted by atomic mass is 79.9. The Hall–Kier alpha value is -1.24. The van der Waals surface area contributed by atoms with Gasteiger partial charge in [-0.05, 0) is 31.0 Å². The molecule has 0 unspecified atom stereocenters. The molecule has 0 aliphatic carbocycles. The summed E-state index contributed by atoms with van der Waals surface area (Å²) in [4.78, 5) is 2.39. The fourth-order valence-corrected chi connectivity index (χ4v) is 2.84. The fourth-order valence-electron chi connectivity index (χ4n) is 2.46. The molecule has 3 rings (SSSR count). The Morgan fingerprint density at radius 2 is 2.10 bits per heavy atom. The maximum atomic E-state index is 5.92. The van der Waals surface area contributed by atoms with Crippen LogP contribution in [0.4, 0.5) is 0 Å². The summed E-state index contributed by atoms with van der Waals surface area (Å²) < 4.78 is 2.85. The van der Waals surface area contributed by atoms with E-state index in [0.717, 1.165) is 48.3 Å². The van der Waals surface area contributed by atoms with Crippen molar-refractivity contribution in [1.29, 1.82) is 0 Å². The van der Waals surface area contributed by atoms with Gasteiger partial charge in [0, 0.05) is 30.1 Å². The molecule has 1 aromatic carbocycles. The lowest BCUT2D eigenvalue weighted by atomic mass is 10.1. The molecule has 20 heavy (non-hydrogen) atoms. The number of piperidine rings is 1. The molecule has 1 fully saturated rings. The molecular formula is C14H18BrN5. The van der Waals surface area contributed by atoms with Gasteiger partial charge in [-0.1, -0.05) is 27.2 Å². The topological polar surface area (TPSA) is 60.0 Å². The molecular weight excluding hydrogens is 318 g/mol. The van der Waals surface area contributed by atoms with Crippen molar-refractivity contribution in [3.05, 3.63) is 40.6 Å². The Morgan fingerprint density at radius 1 is 1.30 bits per heavy atom. The summed E-state index contributed by atoms with van der Waals surface area (Å²) in [6.07, 6.45) is 4.13. The summed E-state index contributed by atoms with van der Waals surface area (Å²) in [7, 11) is 0. The first-order chi connectivity index (χ1) is 9.70. The Labute approximate surface area is 126 Å². The summed E-state index contributed by atoms with van der Waals surface area (Å²) in [5.74, 6) is 0. The van der Waals surface area contributed by atoms with Crippen LogP contribution in [0.25, 0.3) is 5.69 Å². The number of aromatic nitrogens is 3. The minimum absolute atomic E-state index is 0.364. The SMILES string of the molecule is NC1CCN(Cc2cn(-c3cccc(Br)c3)nn2)CC1. The lowest BCUT2D eigenvalue weighted by Crippen LogP contribution is -2.39. The van der Waals surface area contributed by atoms with Crippen molar-refractivity contribution >= 4 is 15.9 Å². The van der Waals surface area contributed by atoms with Gasteiger partial charge >= 0.3 is 0 Å². The summed E-state index contributed by atoms with van der Waals surface area (Å²) in [6.45, 7) is 2.94. The zero-order chi connectivity index (χ0) is 13.9. The summed E-state index contributed by atoms with van der Waals surface area (Å²) in [5.41, 5.74) is 7.93. The van der Waals surface area contributed by atoms with Crippen molar-refractivity contribution in [3.63, 3.8) is 0 Å². The molecule has 1 aliphatic rings. The number of rotatable bonds is 3. The molecule has 2 N–H and O–H groups in total. The second-order valence-corrected chi connectivity index (χ2v) is 6.16. The van der Waals surface area contributed by atoms with Crippen LogP contribution in [-0.2, 0) is 6.54 Å². The number of hydrogen-bond acceptors (Lipinski definition) is 4. The highest BCUT2D eigenvalue weighted by molar-refractivity contribution is 9.10. The van der Waals surface area contributed by atoms with E-state index in [9.17, 15) is 0 Å². The monoisotopic (exact) mass is 335 g/mol. The quantitative estimate of drug-likeness (QED) is 0.931. The highest BCUT2D eigenvalue weighted by Crippen LogP contribution is 2.16. The third-order valence-electron chi connectivity index (χ3n) is 3.63. The molecule has 0 bridgehead atoms. The van der Waals surface area contributed by atoms with E-state index in [1.54, 1.807) is 0 Å². The van der Waals surface area contributed by atoms with Gasteiger partial charge in [0.1, 0.15) is 0 Å². The molecule has 0 saturated carbocycles. The maximum absolute atomic E-state index is 5.92. The number of likely N-dealkylation sites (tertiary alicyclic amines) is 1. The number of hydrogen-bond donors (Lipinski definition) is 1. The predicted octanol–water partition coefficient (Wildman–Crippen LogP) is 1.95. The molecule has 0 atom stereocenters. The van der Waals surface area contributed by atoms with Gasteiger partial charge in [0.25, 0.3) is 0 Å². The molecule has 0 amide bonds. The van der Waals surface area contributed by atoms with Gasteiger partial charge in [-0.25, -0.2) is 4.68 Å². The number of nitrogens with two attached hydrogens (primary N) is 1. The van der Waals surface area contributed by atoms with E-state index in [4.69, 9.17) is 5.73 Å². The number of nitrogens with zero attached hydrogens (tertiary/aromatic N) is 4. The van der Waals surface area contributed by atoms with Gasteiger partial charge in [0.05, 0.1) is 17.6 Å². The average molecular weight is 336 g/mol. The highest BCUT2D eigenvalue weighted by Gasteiger charge is 2.17. The zero-order valence-corrected chi connectivity index (χ0v) is 12.8. The van der Waals surface area contributed by atoms with Crippen LogP contribution in [0.1, 0.15) is 18.5 Å². The molecule has 5 nitrogen and oxygen atoms in total. The van der Waals surface area contributed by atoms with Crippen LogP contribution < -0.4 is 5.73 Å². The van der Waals surface area contributed by atoms with Gasteiger partial charge < -0.3 is 5.73 Å². The van der Waals surface area contributed by atoms with Gasteiger partial charge in [0.2, 0.25) is 0 Å². The van der Waals surface area contributed by atoms with E-state index in [1.807, 2.05) is 35.1 Å². The van der Waals surface area contributed by atoms with Crippen LogP contribution >= 0.6 is 15.9 Å². The normalized spacial score (nSPS) is 17.5. The van der Waals surface area contributed by atoms with Crippen LogP contribution in [-0.4, -0.2) is 39.0 Å². The number of halogens is 1. The van der Waals surface area contributed by atoms with Crippen LogP contribution in [0, 0.1) is 0 Å². The largest absolute Gasteiger partial charge is 0.328 e. The Morgan fingerprint density at radius 3 is 2.85 bits per heavy atom. The van der Waals surface area contributed by atoms with Crippen molar-refractivity contribution in [2.24, 2.45) is 5.73 Å². The fraction of sp³-hybridized carbons (Fsp3) is 0.429. The van der Waals surface area contributed by atoms with E-state index in [1.165, 1.54) is 0 Å². The maximum Gasteiger partial charge on any atom is 0.0971 e. The van der Waals surface area contributed by atoms with Gasteiger partial charge in [0.15, 0.2) is 0 Å². The molecule has 1 saturated heterocycles. The lowest BCUT2D eigenvalue weighted by molar-refractivity contribution is 0.203. The summed E-state index contributed by atoms with van der Waals surface area (Å²) in [5, 5.41) is 8.46. The van der Waals surface area contributed by atoms with Crippen molar-refractivity contribution in [3.8, 4) is 5.69 Å². The Balaban J connectivity index is 1.68. The first kappa shape index (κ1) is 13.7. The minimum Gasteiger partial charge on any atom is -0.328 e. The van der Waals surface area contributed by atoms with E-state index in [-0.39, 0.29) is 0 Å². The first-order valence-electron chi connectivity index (χ1n) is 6.86. The summed E-state index contributed by atoms with van der Waals surface area (Å²) in [6, 6.07) is 8.40. The predicted molar refractivity (Wildman–Crippen MR) is 81.5 cm³/mol. The Bertz CT molecular complexity index is 574. The van der Waals surface area contributed by atoms with Crippen LogP contribution in [0.3, 0.4) is 0 Å². The average Bonchev–Trinajstić information content (AvgIpc) is 2.90. The molecule has 1 aliphatic heterocycles. The van der Waals surface area contributed by atoms with E-state index >= 15 is 0 Å².